The van der Waals surface area contributed by atoms with E-state index < -0.39 is 0 Å². The van der Waals surface area contributed by atoms with Crippen LogP contribution >= 0.6 is 0 Å². The van der Waals surface area contributed by atoms with Gasteiger partial charge in [-0.2, -0.15) is 0 Å². The van der Waals surface area contributed by atoms with Crippen LogP contribution in [-0.2, 0) is 0 Å². The van der Waals surface area contributed by atoms with Gasteiger partial charge in [-0.25, -0.2) is 15.0 Å². The number of nitrogens with zero attached hydrogens (tertiary/aromatic N) is 4. The summed E-state index contributed by atoms with van der Waals surface area (Å²) in [5, 5.41) is 13.1. The summed E-state index contributed by atoms with van der Waals surface area (Å²) >= 11 is 0. The maximum Gasteiger partial charge on any atom is 0.164 e. The molecule has 10 aromatic carbocycles. The number of para-hydroxylation sites is 2. The van der Waals surface area contributed by atoms with Gasteiger partial charge in [-0.05, 0) is 75.5 Å². The van der Waals surface area contributed by atoms with E-state index in [0.29, 0.717) is 17.5 Å². The molecule has 0 aliphatic rings. The molecule has 0 amide bonds. The predicted molar refractivity (Wildman–Crippen MR) is 258 cm³/mol. The van der Waals surface area contributed by atoms with Crippen LogP contribution in [0.3, 0.4) is 0 Å². The summed E-state index contributed by atoms with van der Waals surface area (Å²) in [5.74, 6) is 1.67. The molecule has 14 rings (SSSR count). The van der Waals surface area contributed by atoms with E-state index in [-0.39, 0.29) is 0 Å². The number of fused-ring (bicyclic) bond motifs is 13. The van der Waals surface area contributed by atoms with Crippen LogP contribution in [-0.4, -0.2) is 19.5 Å². The summed E-state index contributed by atoms with van der Waals surface area (Å²) in [6, 6.07) is 68.0. The normalized spacial score (nSPS) is 12.1. The van der Waals surface area contributed by atoms with Crippen LogP contribution in [0.4, 0.5) is 0 Å². The van der Waals surface area contributed by atoms with E-state index in [4.69, 9.17) is 23.8 Å². The molecule has 63 heavy (non-hydrogen) atoms. The van der Waals surface area contributed by atoms with Crippen molar-refractivity contribution >= 4 is 98.0 Å². The van der Waals surface area contributed by atoms with E-state index in [1.807, 2.05) is 30.3 Å². The second-order valence-electron chi connectivity index (χ2n) is 16.3. The predicted octanol–water partition coefficient (Wildman–Crippen LogP) is 15.2. The second kappa shape index (κ2) is 12.9. The molecule has 4 aromatic heterocycles. The largest absolute Gasteiger partial charge is 0.456 e. The molecule has 0 unspecified atom stereocenters. The molecule has 0 saturated heterocycles. The molecule has 0 N–H and O–H groups in total. The van der Waals surface area contributed by atoms with Gasteiger partial charge in [-0.15, -0.1) is 0 Å². The zero-order chi connectivity index (χ0) is 41.2. The van der Waals surface area contributed by atoms with Gasteiger partial charge in [0.2, 0.25) is 0 Å². The van der Waals surface area contributed by atoms with Crippen molar-refractivity contribution in [2.75, 3.05) is 0 Å². The van der Waals surface area contributed by atoms with Crippen LogP contribution in [0.2, 0.25) is 0 Å². The molecule has 292 valence electrons. The molecule has 0 spiro atoms. The molecule has 6 nitrogen and oxygen atoms in total. The van der Waals surface area contributed by atoms with E-state index in [9.17, 15) is 0 Å². The summed E-state index contributed by atoms with van der Waals surface area (Å²) in [7, 11) is 0. The zero-order valence-electron chi connectivity index (χ0n) is 33.6. The highest BCUT2D eigenvalue weighted by Crippen LogP contribution is 2.44. The van der Waals surface area contributed by atoms with Gasteiger partial charge in [0, 0.05) is 49.0 Å². The summed E-state index contributed by atoms with van der Waals surface area (Å²) in [6.07, 6.45) is 0. The Morgan fingerprint density at radius 2 is 0.952 bits per heavy atom. The Morgan fingerprint density at radius 1 is 0.333 bits per heavy atom. The molecule has 0 atom stereocenters. The van der Waals surface area contributed by atoms with E-state index >= 15 is 0 Å². The summed E-state index contributed by atoms with van der Waals surface area (Å²) in [4.78, 5) is 16.1. The fraction of sp³-hybridized carbons (Fsp3) is 0. The van der Waals surface area contributed by atoms with Crippen LogP contribution < -0.4 is 0 Å². The molecule has 0 aliphatic heterocycles. The maximum absolute atomic E-state index is 7.05. The Morgan fingerprint density at radius 3 is 1.81 bits per heavy atom. The van der Waals surface area contributed by atoms with Crippen molar-refractivity contribution in [3.8, 4) is 39.9 Å². The first-order valence-electron chi connectivity index (χ1n) is 21.2. The molecule has 0 saturated carbocycles. The van der Waals surface area contributed by atoms with Gasteiger partial charge in [-0.1, -0.05) is 146 Å². The average Bonchev–Trinajstić information content (AvgIpc) is 4.02. The third-order valence-corrected chi connectivity index (χ3v) is 12.8. The van der Waals surface area contributed by atoms with Gasteiger partial charge < -0.3 is 13.4 Å². The molecular weight excluding hydrogens is 773 g/mol. The van der Waals surface area contributed by atoms with Gasteiger partial charge >= 0.3 is 0 Å². The maximum atomic E-state index is 7.05. The van der Waals surface area contributed by atoms with Gasteiger partial charge in [0.1, 0.15) is 22.3 Å². The third-order valence-electron chi connectivity index (χ3n) is 12.8. The molecule has 0 aliphatic carbocycles. The summed E-state index contributed by atoms with van der Waals surface area (Å²) in [6.45, 7) is 0. The van der Waals surface area contributed by atoms with Gasteiger partial charge in [-0.3, -0.25) is 0 Å². The Balaban J connectivity index is 1.12. The van der Waals surface area contributed by atoms with Crippen LogP contribution in [0.5, 0.6) is 0 Å². The number of hydrogen-bond donors (Lipinski definition) is 0. The first kappa shape index (κ1) is 34.1. The topological polar surface area (TPSA) is 69.9 Å². The molecular formula is C57H32N4O2. The van der Waals surface area contributed by atoms with Crippen molar-refractivity contribution in [3.05, 3.63) is 194 Å². The fourth-order valence-electron chi connectivity index (χ4n) is 9.96. The highest BCUT2D eigenvalue weighted by Gasteiger charge is 2.24. The lowest BCUT2D eigenvalue weighted by atomic mass is 10.0. The van der Waals surface area contributed by atoms with Crippen molar-refractivity contribution in [2.45, 2.75) is 0 Å². The lowest BCUT2D eigenvalue weighted by molar-refractivity contribution is 0.669. The number of aromatic nitrogens is 4. The molecule has 0 radical (unpaired) electrons. The van der Waals surface area contributed by atoms with Crippen LogP contribution in [0, 0.1) is 0 Å². The molecule has 0 fully saturated rings. The first-order chi connectivity index (χ1) is 31.2. The average molecular weight is 805 g/mol. The smallest absolute Gasteiger partial charge is 0.164 e. The Bertz CT molecular complexity index is 4230. The SMILES string of the molecule is c1ccc2cc3c(cc2c1)c1ccccc1n3-c1cc(-c2nc(-c3cccc4ccccc34)nc(-c3cccc4oc5ccccc5c34)n2)cc2oc3c4ccccc4ccc3c12. The van der Waals surface area contributed by atoms with Gasteiger partial charge in [0.25, 0.3) is 0 Å². The Hall–Kier alpha value is -8.61. The van der Waals surface area contributed by atoms with Crippen LogP contribution in [0.1, 0.15) is 0 Å². The summed E-state index contributed by atoms with van der Waals surface area (Å²) in [5.41, 5.74) is 8.97. The van der Waals surface area contributed by atoms with Crippen molar-refractivity contribution in [2.24, 2.45) is 0 Å². The second-order valence-corrected chi connectivity index (χ2v) is 16.3. The van der Waals surface area contributed by atoms with Crippen molar-refractivity contribution < 1.29 is 8.83 Å². The number of rotatable bonds is 4. The molecule has 6 heteroatoms. The monoisotopic (exact) mass is 804 g/mol. The Labute approximate surface area is 358 Å². The van der Waals surface area contributed by atoms with E-state index in [2.05, 4.69) is 168 Å². The van der Waals surface area contributed by atoms with Crippen LogP contribution in [0.15, 0.2) is 203 Å². The molecule has 4 heterocycles. The van der Waals surface area contributed by atoms with Gasteiger partial charge in [0.15, 0.2) is 17.5 Å². The highest BCUT2D eigenvalue weighted by molar-refractivity contribution is 6.20. The van der Waals surface area contributed by atoms with E-state index in [1.165, 1.54) is 21.5 Å². The number of hydrogen-bond acceptors (Lipinski definition) is 5. The van der Waals surface area contributed by atoms with E-state index in [0.717, 1.165) is 98.8 Å². The lowest BCUT2D eigenvalue weighted by Crippen LogP contribution is -2.02. The number of furan rings is 2. The van der Waals surface area contributed by atoms with Crippen LogP contribution in [0.25, 0.3) is 138 Å². The molecule has 14 aromatic rings. The fourth-order valence-corrected chi connectivity index (χ4v) is 9.96. The highest BCUT2D eigenvalue weighted by atomic mass is 16.3. The Kier molecular flexibility index (Phi) is 7.02. The minimum Gasteiger partial charge on any atom is -0.456 e. The van der Waals surface area contributed by atoms with Crippen molar-refractivity contribution in [3.63, 3.8) is 0 Å². The third kappa shape index (κ3) is 5.03. The van der Waals surface area contributed by atoms with Crippen molar-refractivity contribution in [1.82, 2.24) is 19.5 Å². The quantitative estimate of drug-likeness (QED) is 0.177. The minimum absolute atomic E-state index is 0.535. The standard InChI is InChI=1S/C57H32N4O2/c1-2-16-36-30-47-45(29-35(36)15-1)40-20-7-9-24-46(40)61(47)48-31-37(32-51-53(48)43-28-27-34-14-4-6-19-39(34)54(43)63-51)55-58-56(41-22-11-17-33-13-3-5-18-38(33)41)60-57(59-55)44-23-12-26-50-52(44)42-21-8-10-25-49(42)62-50/h1-32H. The van der Waals surface area contributed by atoms with E-state index in [1.54, 1.807) is 0 Å². The minimum atomic E-state index is 0.535. The van der Waals surface area contributed by atoms with Crippen molar-refractivity contribution in [1.29, 1.82) is 0 Å². The lowest BCUT2D eigenvalue weighted by Gasteiger charge is -2.14. The van der Waals surface area contributed by atoms with Gasteiger partial charge in [0.05, 0.1) is 22.1 Å². The first-order valence-corrected chi connectivity index (χ1v) is 21.2. The number of benzene rings is 10. The zero-order valence-corrected chi connectivity index (χ0v) is 33.6. The summed E-state index contributed by atoms with van der Waals surface area (Å²) < 4.78 is 15.8. The molecule has 0 bridgehead atoms.